The Morgan fingerprint density at radius 3 is 3.12 bits per heavy atom. The average molecular weight is 224 g/mol. The topological polar surface area (TPSA) is 99.9 Å². The molecule has 2 heterocycles. The van der Waals surface area contributed by atoms with Crippen molar-refractivity contribution in [3.8, 4) is 0 Å². The van der Waals surface area contributed by atoms with Crippen molar-refractivity contribution in [3.05, 3.63) is 5.82 Å². The lowest BCUT2D eigenvalue weighted by molar-refractivity contribution is 0.0937. The van der Waals surface area contributed by atoms with Gasteiger partial charge in [-0.2, -0.15) is 4.98 Å². The van der Waals surface area contributed by atoms with Crippen LogP contribution in [-0.4, -0.2) is 52.7 Å². The highest BCUT2D eigenvalue weighted by Crippen LogP contribution is 2.12. The number of aromatic amines is 1. The summed E-state index contributed by atoms with van der Waals surface area (Å²) in [5, 5.41) is 8.90. The number of nitrogens with zero attached hydrogens (tertiary/aromatic N) is 3. The highest BCUT2D eigenvalue weighted by molar-refractivity contribution is 5.90. The maximum atomic E-state index is 11.6. The van der Waals surface area contributed by atoms with Gasteiger partial charge in [-0.25, -0.2) is 0 Å². The van der Waals surface area contributed by atoms with Crippen LogP contribution in [0.1, 0.15) is 17.0 Å². The van der Waals surface area contributed by atoms with Crippen molar-refractivity contribution in [1.82, 2.24) is 25.4 Å². The van der Waals surface area contributed by atoms with Gasteiger partial charge in [0.15, 0.2) is 0 Å². The van der Waals surface area contributed by atoms with Crippen LogP contribution in [-0.2, 0) is 0 Å². The molecule has 1 aliphatic rings. The zero-order valence-corrected chi connectivity index (χ0v) is 9.23. The SMILES string of the molecule is CN1CCC(CNC(=O)c2nc(N)n[nH]2)C1. The van der Waals surface area contributed by atoms with Gasteiger partial charge in [0.05, 0.1) is 0 Å². The third-order valence-corrected chi connectivity index (χ3v) is 2.76. The van der Waals surface area contributed by atoms with Gasteiger partial charge in [-0.15, -0.1) is 5.10 Å². The molecule has 4 N–H and O–H groups in total. The number of likely N-dealkylation sites (tertiary alicyclic amines) is 1. The minimum absolute atomic E-state index is 0.0887. The highest BCUT2D eigenvalue weighted by atomic mass is 16.2. The maximum Gasteiger partial charge on any atom is 0.288 e. The molecular weight excluding hydrogens is 208 g/mol. The summed E-state index contributed by atoms with van der Waals surface area (Å²) in [6.45, 7) is 2.79. The van der Waals surface area contributed by atoms with Crippen molar-refractivity contribution in [3.63, 3.8) is 0 Å². The molecule has 2 rings (SSSR count). The summed E-state index contributed by atoms with van der Waals surface area (Å²) < 4.78 is 0. The van der Waals surface area contributed by atoms with E-state index in [0.717, 1.165) is 19.5 Å². The predicted octanol–water partition coefficient (Wildman–Crippen LogP) is -0.932. The molecule has 7 nitrogen and oxygen atoms in total. The standard InChI is InChI=1S/C9H16N6O/c1-15-3-2-6(5-15)4-11-8(16)7-12-9(10)14-13-7/h6H,2-5H2,1H3,(H,11,16)(H3,10,12,13,14). The van der Waals surface area contributed by atoms with Crippen molar-refractivity contribution in [1.29, 1.82) is 0 Å². The van der Waals surface area contributed by atoms with Gasteiger partial charge in [0.1, 0.15) is 0 Å². The first-order chi connectivity index (χ1) is 7.65. The number of carbonyl (C=O) groups is 1. The average Bonchev–Trinajstić information content (AvgIpc) is 2.84. The quantitative estimate of drug-likeness (QED) is 0.616. The zero-order valence-electron chi connectivity index (χ0n) is 9.23. The molecule has 0 radical (unpaired) electrons. The first-order valence-electron chi connectivity index (χ1n) is 5.30. The van der Waals surface area contributed by atoms with Crippen LogP contribution in [0.5, 0.6) is 0 Å². The van der Waals surface area contributed by atoms with Gasteiger partial charge in [0.2, 0.25) is 11.8 Å². The van der Waals surface area contributed by atoms with E-state index in [0.29, 0.717) is 12.5 Å². The van der Waals surface area contributed by atoms with Crippen LogP contribution in [0.25, 0.3) is 0 Å². The first kappa shape index (κ1) is 10.9. The molecule has 1 unspecified atom stereocenters. The summed E-state index contributed by atoms with van der Waals surface area (Å²) in [5.74, 6) is 0.530. The molecule has 1 aliphatic heterocycles. The molecule has 0 saturated carbocycles. The van der Waals surface area contributed by atoms with Crippen LogP contribution >= 0.6 is 0 Å². The summed E-state index contributed by atoms with van der Waals surface area (Å²) >= 11 is 0. The number of rotatable bonds is 3. The number of hydrogen-bond donors (Lipinski definition) is 3. The largest absolute Gasteiger partial charge is 0.366 e. The van der Waals surface area contributed by atoms with Gasteiger partial charge < -0.3 is 16.0 Å². The number of nitrogens with one attached hydrogen (secondary N) is 2. The van der Waals surface area contributed by atoms with Crippen LogP contribution in [0.3, 0.4) is 0 Å². The van der Waals surface area contributed by atoms with E-state index in [-0.39, 0.29) is 17.7 Å². The van der Waals surface area contributed by atoms with Gasteiger partial charge >= 0.3 is 0 Å². The van der Waals surface area contributed by atoms with Crippen LogP contribution in [0.15, 0.2) is 0 Å². The minimum atomic E-state index is -0.251. The molecule has 0 aromatic carbocycles. The van der Waals surface area contributed by atoms with Crippen molar-refractivity contribution < 1.29 is 4.79 Å². The number of nitrogen functional groups attached to an aromatic ring is 1. The number of hydrogen-bond acceptors (Lipinski definition) is 5. The van der Waals surface area contributed by atoms with Gasteiger partial charge in [0, 0.05) is 13.1 Å². The smallest absolute Gasteiger partial charge is 0.288 e. The predicted molar refractivity (Wildman–Crippen MR) is 58.7 cm³/mol. The summed E-state index contributed by atoms with van der Waals surface area (Å²) in [6, 6.07) is 0. The van der Waals surface area contributed by atoms with Gasteiger partial charge in [-0.05, 0) is 25.9 Å². The molecule has 1 aromatic heterocycles. The van der Waals surface area contributed by atoms with E-state index in [2.05, 4.69) is 32.4 Å². The maximum absolute atomic E-state index is 11.6. The number of carbonyl (C=O) groups excluding carboxylic acids is 1. The number of aromatic nitrogens is 3. The minimum Gasteiger partial charge on any atom is -0.366 e. The van der Waals surface area contributed by atoms with E-state index >= 15 is 0 Å². The Hall–Kier alpha value is -1.63. The number of H-pyrrole nitrogens is 1. The normalized spacial score (nSPS) is 21.2. The molecule has 16 heavy (non-hydrogen) atoms. The molecule has 1 aromatic rings. The number of nitrogens with two attached hydrogens (primary N) is 1. The van der Waals surface area contributed by atoms with Crippen molar-refractivity contribution in [2.24, 2.45) is 5.92 Å². The highest BCUT2D eigenvalue weighted by Gasteiger charge is 2.20. The second-order valence-electron chi connectivity index (χ2n) is 4.17. The fraction of sp³-hybridized carbons (Fsp3) is 0.667. The summed E-state index contributed by atoms with van der Waals surface area (Å²) in [4.78, 5) is 17.6. The lowest BCUT2D eigenvalue weighted by atomic mass is 10.1. The fourth-order valence-electron chi connectivity index (χ4n) is 1.89. The molecule has 1 atom stereocenters. The summed E-state index contributed by atoms with van der Waals surface area (Å²) in [5.41, 5.74) is 5.31. The lowest BCUT2D eigenvalue weighted by Crippen LogP contribution is -2.31. The summed E-state index contributed by atoms with van der Waals surface area (Å²) in [7, 11) is 2.08. The number of anilines is 1. The van der Waals surface area contributed by atoms with E-state index in [1.165, 1.54) is 0 Å². The van der Waals surface area contributed by atoms with Gasteiger partial charge in [-0.1, -0.05) is 0 Å². The second-order valence-corrected chi connectivity index (χ2v) is 4.17. The lowest BCUT2D eigenvalue weighted by Gasteiger charge is -2.10. The Morgan fingerprint density at radius 1 is 1.75 bits per heavy atom. The van der Waals surface area contributed by atoms with Crippen molar-refractivity contribution in [2.45, 2.75) is 6.42 Å². The monoisotopic (exact) mass is 224 g/mol. The zero-order chi connectivity index (χ0) is 11.5. The van der Waals surface area contributed by atoms with Crippen LogP contribution in [0.2, 0.25) is 0 Å². The molecule has 0 aliphatic carbocycles. The van der Waals surface area contributed by atoms with E-state index in [1.807, 2.05) is 0 Å². The third-order valence-electron chi connectivity index (χ3n) is 2.76. The van der Waals surface area contributed by atoms with E-state index in [9.17, 15) is 4.79 Å². The second kappa shape index (κ2) is 4.48. The number of amides is 1. The van der Waals surface area contributed by atoms with Gasteiger partial charge in [-0.3, -0.25) is 9.89 Å². The molecule has 1 fully saturated rings. The Bertz CT molecular complexity index is 376. The van der Waals surface area contributed by atoms with Crippen molar-refractivity contribution in [2.75, 3.05) is 32.4 Å². The van der Waals surface area contributed by atoms with Crippen molar-refractivity contribution >= 4 is 11.9 Å². The molecule has 1 saturated heterocycles. The molecule has 0 spiro atoms. The van der Waals surface area contributed by atoms with E-state index in [4.69, 9.17) is 5.73 Å². The van der Waals surface area contributed by atoms with Crippen LogP contribution < -0.4 is 11.1 Å². The first-order valence-corrected chi connectivity index (χ1v) is 5.30. The third kappa shape index (κ3) is 2.48. The van der Waals surface area contributed by atoms with E-state index in [1.54, 1.807) is 0 Å². The molecule has 1 amide bonds. The molecule has 0 bridgehead atoms. The Morgan fingerprint density at radius 2 is 2.56 bits per heavy atom. The molecular formula is C9H16N6O. The van der Waals surface area contributed by atoms with Crippen LogP contribution in [0, 0.1) is 5.92 Å². The molecule has 7 heteroatoms. The Balaban J connectivity index is 1.80. The van der Waals surface area contributed by atoms with E-state index < -0.39 is 0 Å². The molecule has 88 valence electrons. The fourth-order valence-corrected chi connectivity index (χ4v) is 1.89. The Kier molecular flexibility index (Phi) is 3.04. The van der Waals surface area contributed by atoms with Crippen LogP contribution in [0.4, 0.5) is 5.95 Å². The summed E-state index contributed by atoms with van der Waals surface area (Å²) in [6.07, 6.45) is 1.12. The van der Waals surface area contributed by atoms with Gasteiger partial charge in [0.25, 0.3) is 5.91 Å². The Labute approximate surface area is 93.4 Å².